The maximum atomic E-state index is 12.6. The van der Waals surface area contributed by atoms with Gasteiger partial charge >= 0.3 is 0 Å². The lowest BCUT2D eigenvalue weighted by Gasteiger charge is -2.08. The molecule has 3 aromatic heterocycles. The molecule has 0 fully saturated rings. The van der Waals surface area contributed by atoms with Crippen LogP contribution in [0.4, 0.5) is 5.82 Å². The first-order valence-electron chi connectivity index (χ1n) is 8.73. The zero-order valence-corrected chi connectivity index (χ0v) is 15.9. The second-order valence-electron chi connectivity index (χ2n) is 6.39. The van der Waals surface area contributed by atoms with Gasteiger partial charge in [-0.05, 0) is 24.6 Å². The zero-order valence-electron chi connectivity index (χ0n) is 15.2. The summed E-state index contributed by atoms with van der Waals surface area (Å²) in [5.41, 5.74) is 1.92. The number of benzene rings is 1. The van der Waals surface area contributed by atoms with Crippen LogP contribution in [-0.4, -0.2) is 25.5 Å². The number of rotatable bonds is 6. The smallest absolute Gasteiger partial charge is 0.292 e. The van der Waals surface area contributed by atoms with Crippen LogP contribution in [0, 0.1) is 6.92 Å². The van der Waals surface area contributed by atoms with Gasteiger partial charge in [0.1, 0.15) is 11.6 Å². The zero-order chi connectivity index (χ0) is 19.5. The van der Waals surface area contributed by atoms with Gasteiger partial charge in [-0.3, -0.25) is 9.48 Å². The number of furan rings is 1. The van der Waals surface area contributed by atoms with E-state index in [1.165, 1.54) is 0 Å². The van der Waals surface area contributed by atoms with Gasteiger partial charge < -0.3 is 9.73 Å². The number of carbonyl (C=O) groups excluding carboxylic acids is 1. The molecule has 0 saturated heterocycles. The molecule has 0 aliphatic heterocycles. The van der Waals surface area contributed by atoms with E-state index in [4.69, 9.17) is 16.0 Å². The molecule has 0 radical (unpaired) electrons. The minimum atomic E-state index is -0.334. The summed E-state index contributed by atoms with van der Waals surface area (Å²) in [5, 5.41) is 12.0. The molecule has 0 saturated carbocycles. The van der Waals surface area contributed by atoms with Crippen molar-refractivity contribution in [1.29, 1.82) is 0 Å². The van der Waals surface area contributed by atoms with Gasteiger partial charge in [-0.15, -0.1) is 0 Å². The van der Waals surface area contributed by atoms with Crippen molar-refractivity contribution in [2.75, 3.05) is 5.32 Å². The van der Waals surface area contributed by atoms with Crippen LogP contribution in [0.3, 0.4) is 0 Å². The summed E-state index contributed by atoms with van der Waals surface area (Å²) in [6.07, 6.45) is 3.24. The Bertz CT molecular complexity index is 1100. The molecule has 0 atom stereocenters. The lowest BCUT2D eigenvalue weighted by atomic mass is 10.2. The molecule has 142 valence electrons. The first-order chi connectivity index (χ1) is 13.6. The first-order valence-corrected chi connectivity index (χ1v) is 9.11. The lowest BCUT2D eigenvalue weighted by Crippen LogP contribution is -2.15. The highest BCUT2D eigenvalue weighted by Crippen LogP contribution is 2.16. The Morgan fingerprint density at radius 3 is 2.75 bits per heavy atom. The van der Waals surface area contributed by atoms with E-state index in [9.17, 15) is 4.79 Å². The molecule has 1 amide bonds. The predicted octanol–water partition coefficient (Wildman–Crippen LogP) is 3.98. The quantitative estimate of drug-likeness (QED) is 0.535. The van der Waals surface area contributed by atoms with Gasteiger partial charge in [-0.2, -0.15) is 10.2 Å². The number of anilines is 1. The van der Waals surface area contributed by atoms with Gasteiger partial charge in [-0.25, -0.2) is 4.68 Å². The average Bonchev–Trinajstić information content (AvgIpc) is 3.38. The van der Waals surface area contributed by atoms with Gasteiger partial charge in [0.15, 0.2) is 5.76 Å². The average molecular weight is 396 g/mol. The predicted molar refractivity (Wildman–Crippen MR) is 106 cm³/mol. The molecule has 1 N–H and O–H groups in total. The Hall–Kier alpha value is -3.32. The van der Waals surface area contributed by atoms with E-state index >= 15 is 0 Å². The number of amides is 1. The van der Waals surface area contributed by atoms with Crippen molar-refractivity contribution >= 4 is 23.3 Å². The molecule has 4 rings (SSSR count). The standard InChI is InChI=1S/C20H18ClN5O2/c1-14-9-19(26(24-14)11-15-5-3-2-4-6-15)23-20(27)18-8-7-17(28-18)13-25-12-16(21)10-22-25/h2-10,12H,11,13H2,1H3,(H,23,27). The molecule has 7 nitrogen and oxygen atoms in total. The fourth-order valence-electron chi connectivity index (χ4n) is 2.87. The Morgan fingerprint density at radius 2 is 2.00 bits per heavy atom. The maximum absolute atomic E-state index is 12.6. The number of hydrogen-bond acceptors (Lipinski definition) is 4. The Labute approximate surface area is 166 Å². The van der Waals surface area contributed by atoms with Crippen molar-refractivity contribution in [1.82, 2.24) is 19.6 Å². The highest BCUT2D eigenvalue weighted by Gasteiger charge is 2.15. The Morgan fingerprint density at radius 1 is 1.18 bits per heavy atom. The van der Waals surface area contributed by atoms with E-state index in [0.29, 0.717) is 29.7 Å². The molecule has 0 aliphatic rings. The van der Waals surface area contributed by atoms with E-state index < -0.39 is 0 Å². The van der Waals surface area contributed by atoms with Gasteiger partial charge in [0.05, 0.1) is 30.0 Å². The summed E-state index contributed by atoms with van der Waals surface area (Å²) in [7, 11) is 0. The van der Waals surface area contributed by atoms with E-state index in [1.54, 1.807) is 33.9 Å². The van der Waals surface area contributed by atoms with Gasteiger partial charge in [-0.1, -0.05) is 41.9 Å². The summed E-state index contributed by atoms with van der Waals surface area (Å²) in [5.74, 6) is 1.11. The Balaban J connectivity index is 1.47. The van der Waals surface area contributed by atoms with E-state index in [-0.39, 0.29) is 11.7 Å². The first kappa shape index (κ1) is 18.1. The van der Waals surface area contributed by atoms with Crippen molar-refractivity contribution in [2.24, 2.45) is 0 Å². The third-order valence-corrected chi connectivity index (χ3v) is 4.32. The summed E-state index contributed by atoms with van der Waals surface area (Å²) < 4.78 is 9.05. The number of nitrogens with one attached hydrogen (secondary N) is 1. The molecule has 1 aromatic carbocycles. The topological polar surface area (TPSA) is 77.9 Å². The third kappa shape index (κ3) is 4.15. The molecule has 0 spiro atoms. The molecular weight excluding hydrogens is 378 g/mol. The summed E-state index contributed by atoms with van der Waals surface area (Å²) >= 11 is 5.86. The minimum Gasteiger partial charge on any atom is -0.454 e. The highest BCUT2D eigenvalue weighted by molar-refractivity contribution is 6.30. The molecule has 0 aliphatic carbocycles. The highest BCUT2D eigenvalue weighted by atomic mass is 35.5. The number of nitrogens with zero attached hydrogens (tertiary/aromatic N) is 4. The lowest BCUT2D eigenvalue weighted by molar-refractivity contribution is 0.0993. The fraction of sp³-hybridized carbons (Fsp3) is 0.150. The van der Waals surface area contributed by atoms with Gasteiger partial charge in [0.25, 0.3) is 5.91 Å². The molecule has 8 heteroatoms. The van der Waals surface area contributed by atoms with Gasteiger partial charge in [0, 0.05) is 12.3 Å². The van der Waals surface area contributed by atoms with E-state index in [0.717, 1.165) is 11.3 Å². The van der Waals surface area contributed by atoms with Crippen molar-refractivity contribution in [3.05, 3.63) is 88.7 Å². The molecule has 28 heavy (non-hydrogen) atoms. The number of hydrogen-bond donors (Lipinski definition) is 1. The number of halogens is 1. The summed E-state index contributed by atoms with van der Waals surface area (Å²) in [4.78, 5) is 12.6. The second-order valence-corrected chi connectivity index (χ2v) is 6.83. The van der Waals surface area contributed by atoms with Crippen LogP contribution < -0.4 is 5.32 Å². The fourth-order valence-corrected chi connectivity index (χ4v) is 3.03. The molecule has 0 bridgehead atoms. The number of aryl methyl sites for hydroxylation is 1. The molecule has 0 unspecified atom stereocenters. The van der Waals surface area contributed by atoms with Crippen molar-refractivity contribution in [3.63, 3.8) is 0 Å². The summed E-state index contributed by atoms with van der Waals surface area (Å²) in [6, 6.07) is 15.2. The van der Waals surface area contributed by atoms with Crippen LogP contribution in [-0.2, 0) is 13.1 Å². The second kappa shape index (κ2) is 7.74. The monoisotopic (exact) mass is 395 g/mol. The van der Waals surface area contributed by atoms with Crippen molar-refractivity contribution in [2.45, 2.75) is 20.0 Å². The van der Waals surface area contributed by atoms with Gasteiger partial charge in [0.2, 0.25) is 0 Å². The number of carbonyl (C=O) groups is 1. The Kier molecular flexibility index (Phi) is 4.99. The van der Waals surface area contributed by atoms with Crippen LogP contribution in [0.15, 0.2) is 65.3 Å². The SMILES string of the molecule is Cc1cc(NC(=O)c2ccc(Cn3cc(Cl)cn3)o2)n(Cc2ccccc2)n1. The largest absolute Gasteiger partial charge is 0.454 e. The van der Waals surface area contributed by atoms with Crippen LogP contribution in [0.5, 0.6) is 0 Å². The molecule has 4 aromatic rings. The van der Waals surface area contributed by atoms with E-state index in [2.05, 4.69) is 15.5 Å². The molecule has 3 heterocycles. The van der Waals surface area contributed by atoms with Crippen molar-refractivity contribution < 1.29 is 9.21 Å². The summed E-state index contributed by atoms with van der Waals surface area (Å²) in [6.45, 7) is 2.84. The van der Waals surface area contributed by atoms with Crippen LogP contribution in [0.25, 0.3) is 0 Å². The van der Waals surface area contributed by atoms with Crippen LogP contribution >= 0.6 is 11.6 Å². The molecular formula is C20H18ClN5O2. The maximum Gasteiger partial charge on any atom is 0.292 e. The van der Waals surface area contributed by atoms with Crippen LogP contribution in [0.2, 0.25) is 5.02 Å². The normalized spacial score (nSPS) is 10.9. The third-order valence-electron chi connectivity index (χ3n) is 4.12. The van der Waals surface area contributed by atoms with Crippen molar-refractivity contribution in [3.8, 4) is 0 Å². The minimum absolute atomic E-state index is 0.221. The number of aromatic nitrogens is 4. The van der Waals surface area contributed by atoms with E-state index in [1.807, 2.05) is 43.3 Å². The van der Waals surface area contributed by atoms with Crippen LogP contribution in [0.1, 0.15) is 27.6 Å².